The Kier molecular flexibility index (Phi) is 15.6. The molecule has 0 radical (unpaired) electrons. The van der Waals surface area contributed by atoms with Crippen LogP contribution in [0.25, 0.3) is 0 Å². The van der Waals surface area contributed by atoms with E-state index in [0.717, 1.165) is 6.42 Å². The Morgan fingerprint density at radius 2 is 1.88 bits per heavy atom. The lowest BCUT2D eigenvalue weighted by Crippen LogP contribution is -3.00. The number of hydrogen-bond acceptors (Lipinski definition) is 1. The van der Waals surface area contributed by atoms with Crippen LogP contribution < -0.4 is 35.1 Å². The highest BCUT2D eigenvalue weighted by atomic mass is 127. The highest BCUT2D eigenvalue weighted by Gasteiger charge is 2.06. The molecule has 0 aromatic carbocycles. The van der Waals surface area contributed by atoms with Crippen molar-refractivity contribution in [2.75, 3.05) is 0 Å². The van der Waals surface area contributed by atoms with Crippen LogP contribution in [0, 0.1) is 0 Å². The van der Waals surface area contributed by atoms with Gasteiger partial charge in [0.15, 0.2) is 0 Å². The predicted octanol–water partition coefficient (Wildman–Crippen LogP) is -0.897. The Hall–Kier alpha value is 0.290. The Balaban J connectivity index is 0. The lowest BCUT2D eigenvalue weighted by molar-refractivity contribution is -0.110. The van der Waals surface area contributed by atoms with Gasteiger partial charge < -0.3 is 24.0 Å². The molecule has 0 saturated heterocycles. The zero-order valence-electron chi connectivity index (χ0n) is 10.3. The molecule has 0 heterocycles. The largest absolute Gasteiger partial charge is 1.00 e. The van der Waals surface area contributed by atoms with Crippen LogP contribution in [-0.2, 0) is 0 Å². The van der Waals surface area contributed by atoms with Crippen molar-refractivity contribution in [3.63, 3.8) is 0 Å². The number of nitrogens with two attached hydrogens (primary N) is 2. The number of allylic oxidation sites excluding steroid dienone is 1. The molecule has 0 aliphatic heterocycles. The smallest absolute Gasteiger partial charge is 0.300 e. The van der Waals surface area contributed by atoms with Crippen molar-refractivity contribution in [3.05, 3.63) is 12.7 Å². The molecule has 0 aliphatic carbocycles. The molecule has 2 nitrogen and oxygen atoms in total. The fourth-order valence-electron chi connectivity index (χ4n) is 1.54. The van der Waals surface area contributed by atoms with E-state index in [4.69, 9.17) is 11.1 Å². The summed E-state index contributed by atoms with van der Waals surface area (Å²) in [5.41, 5.74) is 5.43. The molecular formula is C12H25IN2S. The Morgan fingerprint density at radius 1 is 1.31 bits per heavy atom. The van der Waals surface area contributed by atoms with E-state index in [9.17, 15) is 0 Å². The number of hydrogen-bond donors (Lipinski definition) is 2. The zero-order valence-corrected chi connectivity index (χ0v) is 13.2. The van der Waals surface area contributed by atoms with E-state index >= 15 is 0 Å². The average Bonchev–Trinajstić information content (AvgIpc) is 2.15. The molecule has 0 bridgehead atoms. The number of rotatable bonds is 9. The molecule has 96 valence electrons. The maximum absolute atomic E-state index is 5.43. The van der Waals surface area contributed by atoms with Gasteiger partial charge in [-0.2, -0.15) is 0 Å². The van der Waals surface area contributed by atoms with Gasteiger partial charge in [0.25, 0.3) is 5.17 Å². The number of amidine groups is 1. The maximum Gasteiger partial charge on any atom is 0.300 e. The molecule has 0 aromatic heterocycles. The summed E-state index contributed by atoms with van der Waals surface area (Å²) in [6.07, 6.45) is 10.9. The highest BCUT2D eigenvalue weighted by molar-refractivity contribution is 8.14. The van der Waals surface area contributed by atoms with Crippen LogP contribution in [0.4, 0.5) is 0 Å². The zero-order chi connectivity index (χ0) is 11.5. The summed E-state index contributed by atoms with van der Waals surface area (Å²) in [7, 11) is 0. The normalized spacial score (nSPS) is 11.6. The summed E-state index contributed by atoms with van der Waals surface area (Å²) < 4.78 is 0. The summed E-state index contributed by atoms with van der Waals surface area (Å²) in [5, 5.41) is 6.48. The first kappa shape index (κ1) is 18.6. The second-order valence-corrected chi connectivity index (χ2v) is 5.48. The van der Waals surface area contributed by atoms with E-state index in [2.05, 4.69) is 13.5 Å². The first-order valence-electron chi connectivity index (χ1n) is 5.82. The van der Waals surface area contributed by atoms with E-state index in [1.54, 1.807) is 11.8 Å². The van der Waals surface area contributed by atoms with Crippen molar-refractivity contribution < 1.29 is 29.4 Å². The molecule has 0 aliphatic rings. The molecule has 1 unspecified atom stereocenters. The Bertz CT molecular complexity index is 186. The van der Waals surface area contributed by atoms with E-state index in [1.165, 1.54) is 38.5 Å². The molecule has 4 N–H and O–H groups in total. The summed E-state index contributed by atoms with van der Waals surface area (Å²) in [6, 6.07) is 0. The van der Waals surface area contributed by atoms with Crippen LogP contribution in [0.15, 0.2) is 12.7 Å². The summed E-state index contributed by atoms with van der Waals surface area (Å²) >= 11 is 1.59. The average molecular weight is 356 g/mol. The highest BCUT2D eigenvalue weighted by Crippen LogP contribution is 2.16. The summed E-state index contributed by atoms with van der Waals surface area (Å²) in [5.74, 6) is 0. The predicted molar refractivity (Wildman–Crippen MR) is 70.7 cm³/mol. The first-order chi connectivity index (χ1) is 7.16. The third-order valence-corrected chi connectivity index (χ3v) is 3.27. The lowest BCUT2D eigenvalue weighted by Gasteiger charge is -2.06. The van der Waals surface area contributed by atoms with Gasteiger partial charge in [-0.05, 0) is 31.0 Å². The van der Waals surface area contributed by atoms with Crippen LogP contribution in [0.2, 0.25) is 0 Å². The molecular weight excluding hydrogens is 331 g/mol. The van der Waals surface area contributed by atoms with E-state index in [1.807, 2.05) is 6.08 Å². The van der Waals surface area contributed by atoms with Crippen LogP contribution in [-0.4, -0.2) is 10.4 Å². The topological polar surface area (TPSA) is 51.6 Å². The lowest BCUT2D eigenvalue weighted by atomic mass is 10.1. The van der Waals surface area contributed by atoms with E-state index < -0.39 is 0 Å². The van der Waals surface area contributed by atoms with Gasteiger partial charge in [-0.25, -0.2) is 0 Å². The van der Waals surface area contributed by atoms with Crippen LogP contribution in [0.1, 0.15) is 51.9 Å². The van der Waals surface area contributed by atoms with Crippen molar-refractivity contribution in [1.29, 1.82) is 0 Å². The van der Waals surface area contributed by atoms with Crippen molar-refractivity contribution >= 4 is 16.9 Å². The Labute approximate surface area is 121 Å². The fourth-order valence-corrected chi connectivity index (χ4v) is 2.29. The third-order valence-electron chi connectivity index (χ3n) is 2.36. The van der Waals surface area contributed by atoms with Gasteiger partial charge >= 0.3 is 0 Å². The van der Waals surface area contributed by atoms with Crippen LogP contribution in [0.5, 0.6) is 0 Å². The Morgan fingerprint density at radius 3 is 2.44 bits per heavy atom. The van der Waals surface area contributed by atoms with Gasteiger partial charge in [0.2, 0.25) is 0 Å². The van der Waals surface area contributed by atoms with Gasteiger partial charge in [-0.1, -0.05) is 38.7 Å². The van der Waals surface area contributed by atoms with Gasteiger partial charge in [0.1, 0.15) is 0 Å². The van der Waals surface area contributed by atoms with Crippen LogP contribution >= 0.6 is 11.8 Å². The van der Waals surface area contributed by atoms with Gasteiger partial charge in [-0.15, -0.1) is 6.58 Å². The minimum Gasteiger partial charge on any atom is -1.00 e. The standard InChI is InChI=1S/C12H24N2S.HI/c1-3-4-5-6-7-8-9-10-11(2)15-12(13)14;/h3,11H,1,4-10H2,2H3,(H3,13,14);1H. The minimum atomic E-state index is 0. The second-order valence-electron chi connectivity index (χ2n) is 3.96. The van der Waals surface area contributed by atoms with Crippen LogP contribution in [0.3, 0.4) is 0 Å². The molecule has 16 heavy (non-hydrogen) atoms. The summed E-state index contributed by atoms with van der Waals surface area (Å²) in [4.78, 5) is 0. The second kappa shape index (κ2) is 13.4. The first-order valence-corrected chi connectivity index (χ1v) is 6.70. The number of unbranched alkanes of at least 4 members (excludes halogenated alkanes) is 5. The molecule has 0 amide bonds. The molecule has 0 saturated carbocycles. The molecule has 0 rings (SSSR count). The quantitative estimate of drug-likeness (QED) is 0.185. The molecule has 0 spiro atoms. The van der Waals surface area contributed by atoms with Crippen molar-refractivity contribution in [1.82, 2.24) is 0 Å². The van der Waals surface area contributed by atoms with Gasteiger partial charge in [0, 0.05) is 5.25 Å². The van der Waals surface area contributed by atoms with E-state index in [0.29, 0.717) is 10.4 Å². The molecule has 1 atom stereocenters. The number of thioether (sulfide) groups is 1. The van der Waals surface area contributed by atoms with Gasteiger partial charge in [0.05, 0.1) is 0 Å². The summed E-state index contributed by atoms with van der Waals surface area (Å²) in [6.45, 7) is 5.90. The van der Waals surface area contributed by atoms with E-state index in [-0.39, 0.29) is 24.0 Å². The third kappa shape index (κ3) is 14.3. The van der Waals surface area contributed by atoms with Crippen molar-refractivity contribution in [2.45, 2.75) is 57.1 Å². The molecule has 0 fully saturated rings. The molecule has 4 heteroatoms. The maximum atomic E-state index is 5.43. The van der Waals surface area contributed by atoms with Gasteiger partial charge in [-0.3, -0.25) is 11.1 Å². The number of halogens is 1. The SMILES string of the molecule is C=CCCCCCCCC(C)SC(N)=[NH2+].[I-]. The van der Waals surface area contributed by atoms with Crippen molar-refractivity contribution in [3.8, 4) is 0 Å². The fraction of sp³-hybridized carbons (Fsp3) is 0.750. The minimum absolute atomic E-state index is 0. The monoisotopic (exact) mass is 356 g/mol. The van der Waals surface area contributed by atoms with Crippen molar-refractivity contribution in [2.24, 2.45) is 5.73 Å². The molecule has 0 aromatic rings.